The first kappa shape index (κ1) is 13.3. The molecule has 1 heterocycles. The lowest BCUT2D eigenvalue weighted by atomic mass is 10.4. The van der Waals surface area contributed by atoms with Gasteiger partial charge in [-0.05, 0) is 13.8 Å². The number of nitrogens with zero attached hydrogens (tertiary/aromatic N) is 2. The zero-order valence-electron chi connectivity index (χ0n) is 8.91. The van der Waals surface area contributed by atoms with Crippen LogP contribution >= 0.6 is 23.2 Å². The van der Waals surface area contributed by atoms with Gasteiger partial charge < -0.3 is 5.11 Å². The molecule has 0 aliphatic rings. The lowest BCUT2D eigenvalue weighted by molar-refractivity contribution is 0.243. The zero-order chi connectivity index (χ0) is 12.5. The highest BCUT2D eigenvalue weighted by molar-refractivity contribution is 6.41. The second-order valence-electron chi connectivity index (χ2n) is 3.52. The molecule has 0 saturated carbocycles. The quantitative estimate of drug-likeness (QED) is 0.884. The van der Waals surface area contributed by atoms with Crippen LogP contribution in [0.3, 0.4) is 0 Å². The van der Waals surface area contributed by atoms with Crippen LogP contribution in [0, 0.1) is 0 Å². The number of halogens is 2. The Morgan fingerprint density at radius 3 is 2.12 bits per heavy atom. The monoisotopic (exact) mass is 266 g/mol. The first-order valence-electron chi connectivity index (χ1n) is 4.73. The van der Waals surface area contributed by atoms with Crippen molar-refractivity contribution in [2.75, 3.05) is 6.61 Å². The molecule has 16 heavy (non-hydrogen) atoms. The second kappa shape index (κ2) is 5.03. The molecule has 5 nitrogen and oxygen atoms in total. The minimum absolute atomic E-state index is 0.00312. The van der Waals surface area contributed by atoms with Gasteiger partial charge in [-0.3, -0.25) is 9.59 Å². The van der Waals surface area contributed by atoms with Crippen molar-refractivity contribution in [3.63, 3.8) is 0 Å². The average Bonchev–Trinajstić information content (AvgIpc) is 2.23. The molecular weight excluding hydrogens is 255 g/mol. The van der Waals surface area contributed by atoms with E-state index in [1.54, 1.807) is 13.8 Å². The van der Waals surface area contributed by atoms with Crippen molar-refractivity contribution in [2.45, 2.75) is 26.4 Å². The first-order valence-corrected chi connectivity index (χ1v) is 5.48. The summed E-state index contributed by atoms with van der Waals surface area (Å²) in [5.41, 5.74) is -1.11. The van der Waals surface area contributed by atoms with Crippen LogP contribution in [-0.4, -0.2) is 21.1 Å². The van der Waals surface area contributed by atoms with Gasteiger partial charge >= 0.3 is 0 Å². The van der Waals surface area contributed by atoms with Crippen molar-refractivity contribution in [3.8, 4) is 0 Å². The minimum atomic E-state index is -0.575. The molecule has 0 fully saturated rings. The molecule has 0 aromatic carbocycles. The van der Waals surface area contributed by atoms with E-state index in [9.17, 15) is 9.59 Å². The third-order valence-electron chi connectivity index (χ3n) is 2.07. The third-order valence-corrected chi connectivity index (χ3v) is 2.87. The Morgan fingerprint density at radius 1 is 1.19 bits per heavy atom. The molecule has 1 aromatic heterocycles. The van der Waals surface area contributed by atoms with Crippen molar-refractivity contribution >= 4 is 23.2 Å². The Hall–Kier alpha value is -0.780. The molecule has 90 valence electrons. The summed E-state index contributed by atoms with van der Waals surface area (Å²) in [6.45, 7) is 3.21. The van der Waals surface area contributed by atoms with Gasteiger partial charge in [0.2, 0.25) is 0 Å². The first-order chi connectivity index (χ1) is 7.41. The summed E-state index contributed by atoms with van der Waals surface area (Å²) in [4.78, 5) is 23.5. The highest BCUT2D eigenvalue weighted by Gasteiger charge is 2.17. The van der Waals surface area contributed by atoms with Crippen LogP contribution in [0.2, 0.25) is 10.0 Å². The molecule has 0 aliphatic heterocycles. The van der Waals surface area contributed by atoms with Gasteiger partial charge in [-0.15, -0.1) is 0 Å². The molecule has 1 rings (SSSR count). The maximum absolute atomic E-state index is 11.8. The van der Waals surface area contributed by atoms with Gasteiger partial charge in [-0.2, -0.15) is 0 Å². The van der Waals surface area contributed by atoms with Crippen LogP contribution in [0.5, 0.6) is 0 Å². The standard InChI is InChI=1S/C9H12Cl2N2O3/c1-5(2)13-9(16)7(11)6(10)8(15)12(13)3-4-14/h5,14H,3-4H2,1-2H3. The Balaban J connectivity index is 3.69. The normalized spacial score (nSPS) is 11.1. The number of hydrogen-bond donors (Lipinski definition) is 1. The lowest BCUT2D eigenvalue weighted by Crippen LogP contribution is -2.41. The SMILES string of the molecule is CC(C)n1c(=O)c(Cl)c(Cl)c(=O)n1CCO. The van der Waals surface area contributed by atoms with E-state index < -0.39 is 11.1 Å². The molecule has 0 saturated heterocycles. The molecule has 0 unspecified atom stereocenters. The smallest absolute Gasteiger partial charge is 0.285 e. The predicted molar refractivity (Wildman–Crippen MR) is 62.5 cm³/mol. The number of aliphatic hydroxyl groups excluding tert-OH is 1. The number of aliphatic hydroxyl groups is 1. The summed E-state index contributed by atoms with van der Waals surface area (Å²) in [6, 6.07) is -0.249. The van der Waals surface area contributed by atoms with Gasteiger partial charge in [-0.25, -0.2) is 9.36 Å². The zero-order valence-corrected chi connectivity index (χ0v) is 10.4. The highest BCUT2D eigenvalue weighted by atomic mass is 35.5. The van der Waals surface area contributed by atoms with Crippen molar-refractivity contribution in [3.05, 3.63) is 30.8 Å². The van der Waals surface area contributed by atoms with E-state index in [0.29, 0.717) is 0 Å². The van der Waals surface area contributed by atoms with Crippen LogP contribution < -0.4 is 11.1 Å². The summed E-state index contributed by atoms with van der Waals surface area (Å²) in [5.74, 6) is 0. The summed E-state index contributed by atoms with van der Waals surface area (Å²) < 4.78 is 2.29. The van der Waals surface area contributed by atoms with Gasteiger partial charge in [-0.1, -0.05) is 23.2 Å². The minimum Gasteiger partial charge on any atom is -0.394 e. The molecule has 0 aliphatic carbocycles. The van der Waals surface area contributed by atoms with Crippen molar-refractivity contribution in [2.24, 2.45) is 0 Å². The van der Waals surface area contributed by atoms with E-state index in [0.717, 1.165) is 4.68 Å². The lowest BCUT2D eigenvalue weighted by Gasteiger charge is -2.18. The van der Waals surface area contributed by atoms with Gasteiger partial charge in [0.25, 0.3) is 11.1 Å². The van der Waals surface area contributed by atoms with Gasteiger partial charge in [0.05, 0.1) is 13.2 Å². The molecule has 7 heteroatoms. The summed E-state index contributed by atoms with van der Waals surface area (Å²) in [7, 11) is 0. The van der Waals surface area contributed by atoms with E-state index in [4.69, 9.17) is 28.3 Å². The molecule has 0 spiro atoms. The Bertz CT molecular complexity index is 505. The van der Waals surface area contributed by atoms with Gasteiger partial charge in [0.1, 0.15) is 10.0 Å². The van der Waals surface area contributed by atoms with Crippen LogP contribution in [-0.2, 0) is 6.54 Å². The number of hydrogen-bond acceptors (Lipinski definition) is 3. The Labute approximate surface area is 102 Å². The summed E-state index contributed by atoms with van der Waals surface area (Å²) >= 11 is 11.3. The van der Waals surface area contributed by atoms with Crippen molar-refractivity contribution in [1.82, 2.24) is 9.36 Å². The largest absolute Gasteiger partial charge is 0.394 e. The van der Waals surface area contributed by atoms with Gasteiger partial charge in [0.15, 0.2) is 0 Å². The molecular formula is C9H12Cl2N2O3. The Kier molecular flexibility index (Phi) is 4.18. The molecule has 0 atom stereocenters. The summed E-state index contributed by atoms with van der Waals surface area (Å²) in [5, 5.41) is 8.26. The van der Waals surface area contributed by atoms with Gasteiger partial charge in [0, 0.05) is 6.04 Å². The van der Waals surface area contributed by atoms with E-state index >= 15 is 0 Å². The van der Waals surface area contributed by atoms with Crippen LogP contribution in [0.25, 0.3) is 0 Å². The van der Waals surface area contributed by atoms with E-state index in [2.05, 4.69) is 0 Å². The van der Waals surface area contributed by atoms with Crippen LogP contribution in [0.15, 0.2) is 9.59 Å². The fraction of sp³-hybridized carbons (Fsp3) is 0.556. The maximum atomic E-state index is 11.8. The molecule has 0 amide bonds. The average molecular weight is 267 g/mol. The fourth-order valence-electron chi connectivity index (χ4n) is 1.43. The second-order valence-corrected chi connectivity index (χ2v) is 4.28. The van der Waals surface area contributed by atoms with E-state index in [-0.39, 0.29) is 29.2 Å². The molecule has 0 bridgehead atoms. The van der Waals surface area contributed by atoms with Crippen molar-refractivity contribution in [1.29, 1.82) is 0 Å². The topological polar surface area (TPSA) is 64.2 Å². The predicted octanol–water partition coefficient (Wildman–Crippen LogP) is 0.890. The van der Waals surface area contributed by atoms with Crippen molar-refractivity contribution < 1.29 is 5.11 Å². The maximum Gasteiger partial charge on any atom is 0.285 e. The van der Waals surface area contributed by atoms with Crippen LogP contribution in [0.1, 0.15) is 19.9 Å². The van der Waals surface area contributed by atoms with Crippen LogP contribution in [0.4, 0.5) is 0 Å². The number of rotatable bonds is 3. The highest BCUT2D eigenvalue weighted by Crippen LogP contribution is 2.13. The molecule has 1 aromatic rings. The fourth-order valence-corrected chi connectivity index (χ4v) is 1.77. The summed E-state index contributed by atoms with van der Waals surface area (Å²) in [6.07, 6.45) is 0. The molecule has 1 N–H and O–H groups in total. The Morgan fingerprint density at radius 2 is 1.69 bits per heavy atom. The number of aromatic nitrogens is 2. The van der Waals surface area contributed by atoms with E-state index in [1.165, 1.54) is 4.68 Å². The van der Waals surface area contributed by atoms with E-state index in [1.807, 2.05) is 0 Å². The third kappa shape index (κ3) is 2.16. The molecule has 0 radical (unpaired) electrons.